The van der Waals surface area contributed by atoms with Crippen molar-refractivity contribution in [2.45, 2.75) is 134 Å². The van der Waals surface area contributed by atoms with Crippen LogP contribution in [0.5, 0.6) is 0 Å². The molecule has 1 aliphatic heterocycles. The molecule has 0 aromatic heterocycles. The standard InChI is InChI=1S/C35H54O13/c1-30(2)9-10-33(28(42)43)11-12-34(16-37)17(18(33)13-30)5-6-21-31(3)14-19(38)26(35(46,29(44)45)22(31)7-8-32(21,34)4)48-27-25(41)24(40)23(39)20(15-36)47-27/h5,18-27,36-41,46H,6-16H2,1-4H3,(H,42,43)(H,44,45)/t18-,19-,20+,21+,22-,23+,24-,25+,26-,27-,31+,32+,33-,34-,35+/m0/s1. The number of hydrogen-bond donors (Lipinski definition) is 9. The van der Waals surface area contributed by atoms with Crippen molar-refractivity contribution in [2.75, 3.05) is 13.2 Å². The maximum atomic E-state index is 13.1. The number of aliphatic hydroxyl groups is 7. The monoisotopic (exact) mass is 682 g/mol. The molecule has 9 N–H and O–H groups in total. The third-order valence-electron chi connectivity index (χ3n) is 14.7. The summed E-state index contributed by atoms with van der Waals surface area (Å²) >= 11 is 0. The van der Waals surface area contributed by atoms with Crippen molar-refractivity contribution in [1.29, 1.82) is 0 Å². The molecule has 1 heterocycles. The highest BCUT2D eigenvalue weighted by Gasteiger charge is 2.74. The first-order valence-electron chi connectivity index (χ1n) is 17.4. The zero-order valence-electron chi connectivity index (χ0n) is 28.3. The van der Waals surface area contributed by atoms with Gasteiger partial charge in [0.2, 0.25) is 0 Å². The number of ether oxygens (including phenoxy) is 2. The second-order valence-corrected chi connectivity index (χ2v) is 17.2. The summed E-state index contributed by atoms with van der Waals surface area (Å²) in [5, 5.41) is 97.3. The van der Waals surface area contributed by atoms with Crippen LogP contribution in [0.3, 0.4) is 0 Å². The quantitative estimate of drug-likeness (QED) is 0.139. The number of carboxylic acid groups (broad SMARTS) is 2. The van der Waals surface area contributed by atoms with Crippen LogP contribution in [0.25, 0.3) is 0 Å². The molecular weight excluding hydrogens is 628 g/mol. The Morgan fingerprint density at radius 1 is 0.875 bits per heavy atom. The lowest BCUT2D eigenvalue weighted by Crippen LogP contribution is -2.74. The molecule has 0 bridgehead atoms. The minimum Gasteiger partial charge on any atom is -0.481 e. The molecule has 1 saturated heterocycles. The van der Waals surface area contributed by atoms with E-state index in [2.05, 4.69) is 26.8 Å². The highest BCUT2D eigenvalue weighted by molar-refractivity contribution is 5.79. The Labute approximate surface area is 280 Å². The second kappa shape index (κ2) is 11.7. The van der Waals surface area contributed by atoms with Crippen molar-refractivity contribution < 1.29 is 65.0 Å². The molecule has 6 rings (SSSR count). The molecule has 272 valence electrons. The summed E-state index contributed by atoms with van der Waals surface area (Å²) in [6, 6.07) is 0. The van der Waals surface area contributed by atoms with E-state index in [0.717, 1.165) is 12.0 Å². The number of carboxylic acids is 2. The van der Waals surface area contributed by atoms with Gasteiger partial charge in [0.25, 0.3) is 0 Å². The number of carbonyl (C=O) groups is 2. The fourth-order valence-corrected chi connectivity index (χ4v) is 12.0. The minimum absolute atomic E-state index is 0.00973. The van der Waals surface area contributed by atoms with Gasteiger partial charge in [-0.3, -0.25) is 4.79 Å². The summed E-state index contributed by atoms with van der Waals surface area (Å²) in [4.78, 5) is 26.1. The molecule has 0 amide bonds. The SMILES string of the molecule is CC1(C)CC[C@]2(C(=O)O)CC[C@]3(CO)C(=CC[C@@H]4[C@@]5(C)C[C@H](O)[C@H](O[C@@H]6O[C@H](CO)[C@@H](O)[C@H](O)[C@H]6O)[C@@](O)(C(=O)O)[C@H]5CC[C@]43C)[C@@H]2C1. The number of rotatable bonds is 6. The Balaban J connectivity index is 1.38. The van der Waals surface area contributed by atoms with Crippen LogP contribution in [0.4, 0.5) is 0 Å². The van der Waals surface area contributed by atoms with Crippen LogP contribution in [0.1, 0.15) is 85.5 Å². The maximum Gasteiger partial charge on any atom is 0.338 e. The van der Waals surface area contributed by atoms with Crippen LogP contribution in [-0.4, -0.2) is 120 Å². The zero-order valence-corrected chi connectivity index (χ0v) is 28.3. The van der Waals surface area contributed by atoms with Crippen LogP contribution in [-0.2, 0) is 19.1 Å². The molecular formula is C35H54O13. The third-order valence-corrected chi connectivity index (χ3v) is 14.7. The van der Waals surface area contributed by atoms with Crippen molar-refractivity contribution in [3.05, 3.63) is 11.6 Å². The van der Waals surface area contributed by atoms with E-state index >= 15 is 0 Å². The highest BCUT2D eigenvalue weighted by Crippen LogP contribution is 2.75. The minimum atomic E-state index is -2.67. The maximum absolute atomic E-state index is 13.1. The summed E-state index contributed by atoms with van der Waals surface area (Å²) in [5.74, 6) is -3.94. The van der Waals surface area contributed by atoms with Gasteiger partial charge in [0.05, 0.1) is 24.7 Å². The van der Waals surface area contributed by atoms with E-state index in [1.165, 1.54) is 0 Å². The molecule has 0 aromatic rings. The molecule has 0 unspecified atom stereocenters. The van der Waals surface area contributed by atoms with Crippen LogP contribution >= 0.6 is 0 Å². The van der Waals surface area contributed by atoms with E-state index in [4.69, 9.17) is 9.47 Å². The fraction of sp³-hybridized carbons (Fsp3) is 0.886. The van der Waals surface area contributed by atoms with Gasteiger partial charge in [-0.25, -0.2) is 4.79 Å². The van der Waals surface area contributed by atoms with Crippen LogP contribution in [0, 0.1) is 44.8 Å². The Bertz CT molecular complexity index is 1330. The predicted molar refractivity (Wildman–Crippen MR) is 167 cm³/mol. The summed E-state index contributed by atoms with van der Waals surface area (Å²) in [6.07, 6.45) is -5.73. The first kappa shape index (κ1) is 36.1. The van der Waals surface area contributed by atoms with Gasteiger partial charge in [-0.1, -0.05) is 39.3 Å². The Morgan fingerprint density at radius 3 is 2.15 bits per heavy atom. The molecule has 13 heteroatoms. The average molecular weight is 683 g/mol. The molecule has 48 heavy (non-hydrogen) atoms. The first-order valence-corrected chi connectivity index (χ1v) is 17.4. The number of aliphatic hydroxyl groups excluding tert-OH is 6. The Morgan fingerprint density at radius 2 is 1.54 bits per heavy atom. The van der Waals surface area contributed by atoms with Gasteiger partial charge < -0.3 is 55.4 Å². The summed E-state index contributed by atoms with van der Waals surface area (Å²) in [5.41, 5.74) is -5.03. The Hall–Kier alpha value is -1.68. The van der Waals surface area contributed by atoms with Gasteiger partial charge in [-0.2, -0.15) is 0 Å². The van der Waals surface area contributed by atoms with Crippen molar-refractivity contribution in [3.63, 3.8) is 0 Å². The number of allylic oxidation sites excluding steroid dienone is 1. The Kier molecular flexibility index (Phi) is 8.79. The molecule has 4 saturated carbocycles. The van der Waals surface area contributed by atoms with E-state index in [1.54, 1.807) is 0 Å². The largest absolute Gasteiger partial charge is 0.481 e. The molecule has 5 fully saturated rings. The van der Waals surface area contributed by atoms with Crippen molar-refractivity contribution in [3.8, 4) is 0 Å². The van der Waals surface area contributed by atoms with E-state index in [1.807, 2.05) is 6.92 Å². The first-order chi connectivity index (χ1) is 22.3. The molecule has 0 spiro atoms. The molecule has 5 aliphatic carbocycles. The van der Waals surface area contributed by atoms with E-state index in [9.17, 15) is 55.5 Å². The van der Waals surface area contributed by atoms with Gasteiger partial charge in [0, 0.05) is 11.3 Å². The number of aliphatic carboxylic acids is 2. The van der Waals surface area contributed by atoms with Gasteiger partial charge in [0.1, 0.15) is 30.5 Å². The fourth-order valence-electron chi connectivity index (χ4n) is 12.0. The molecule has 0 aromatic carbocycles. The molecule has 13 nitrogen and oxygen atoms in total. The van der Waals surface area contributed by atoms with Gasteiger partial charge >= 0.3 is 11.9 Å². The third kappa shape index (κ3) is 4.68. The smallest absolute Gasteiger partial charge is 0.338 e. The van der Waals surface area contributed by atoms with Gasteiger partial charge in [-0.15, -0.1) is 0 Å². The molecule has 6 aliphatic rings. The molecule has 15 atom stereocenters. The van der Waals surface area contributed by atoms with Gasteiger partial charge in [0.15, 0.2) is 11.9 Å². The summed E-state index contributed by atoms with van der Waals surface area (Å²) in [6.45, 7) is 7.36. The van der Waals surface area contributed by atoms with E-state index in [0.29, 0.717) is 38.5 Å². The molecule has 0 radical (unpaired) electrons. The van der Waals surface area contributed by atoms with Crippen molar-refractivity contribution >= 4 is 11.9 Å². The van der Waals surface area contributed by atoms with Gasteiger partial charge in [-0.05, 0) is 85.9 Å². The van der Waals surface area contributed by atoms with Crippen LogP contribution in [0.2, 0.25) is 0 Å². The lowest BCUT2D eigenvalue weighted by atomic mass is 9.33. The van der Waals surface area contributed by atoms with Crippen LogP contribution < -0.4 is 0 Å². The average Bonchev–Trinajstić information content (AvgIpc) is 3.01. The lowest BCUT2D eigenvalue weighted by molar-refractivity contribution is -0.349. The van der Waals surface area contributed by atoms with E-state index in [-0.39, 0.29) is 36.7 Å². The summed E-state index contributed by atoms with van der Waals surface area (Å²) in [7, 11) is 0. The second-order valence-electron chi connectivity index (χ2n) is 17.2. The number of hydrogen-bond acceptors (Lipinski definition) is 11. The van der Waals surface area contributed by atoms with E-state index < -0.39 is 94.6 Å². The zero-order chi connectivity index (χ0) is 35.4. The topological polar surface area (TPSA) is 235 Å². The normalized spacial score (nSPS) is 52.9. The van der Waals surface area contributed by atoms with Crippen molar-refractivity contribution in [2.24, 2.45) is 44.8 Å². The van der Waals surface area contributed by atoms with Crippen molar-refractivity contribution in [1.82, 2.24) is 0 Å². The summed E-state index contributed by atoms with van der Waals surface area (Å²) < 4.78 is 11.3. The van der Waals surface area contributed by atoms with Crippen LogP contribution in [0.15, 0.2) is 11.6 Å². The number of fused-ring (bicyclic) bond motifs is 7. The predicted octanol–water partition coefficient (Wildman–Crippen LogP) is 0.791. The highest BCUT2D eigenvalue weighted by atomic mass is 16.7. The lowest BCUT2D eigenvalue weighted by Gasteiger charge is -2.71.